The number of aryl methyl sites for hydroxylation is 1. The summed E-state index contributed by atoms with van der Waals surface area (Å²) in [5, 5.41) is 3.69. The average Bonchev–Trinajstić information content (AvgIpc) is 2.44. The molecule has 104 valence electrons. The summed E-state index contributed by atoms with van der Waals surface area (Å²) in [5.74, 6) is 0.771. The zero-order chi connectivity index (χ0) is 13.8. The van der Waals surface area contributed by atoms with Crippen molar-refractivity contribution < 1.29 is 0 Å². The van der Waals surface area contributed by atoms with Crippen LogP contribution in [0.3, 0.4) is 0 Å². The molecule has 1 N–H and O–H groups in total. The predicted molar refractivity (Wildman–Crippen MR) is 85.1 cm³/mol. The van der Waals surface area contributed by atoms with Gasteiger partial charge in [-0.3, -0.25) is 0 Å². The van der Waals surface area contributed by atoms with Crippen molar-refractivity contribution in [3.63, 3.8) is 0 Å². The first kappa shape index (κ1) is 13.4. The van der Waals surface area contributed by atoms with E-state index in [0.29, 0.717) is 6.04 Å². The van der Waals surface area contributed by atoms with Gasteiger partial charge in [-0.15, -0.1) is 0 Å². The van der Waals surface area contributed by atoms with Crippen molar-refractivity contribution in [2.45, 2.75) is 38.1 Å². The molecule has 3 rings (SSSR count). The Kier molecular flexibility index (Phi) is 4.17. The number of hydrogen-bond acceptors (Lipinski definition) is 1. The Bertz CT molecular complexity index is 541. The van der Waals surface area contributed by atoms with Gasteiger partial charge in [0.05, 0.1) is 0 Å². The Hall–Kier alpha value is -1.60. The summed E-state index contributed by atoms with van der Waals surface area (Å²) in [4.78, 5) is 0. The lowest BCUT2D eigenvalue weighted by Crippen LogP contribution is -2.40. The molecule has 20 heavy (non-hydrogen) atoms. The highest BCUT2D eigenvalue weighted by Gasteiger charge is 2.29. The van der Waals surface area contributed by atoms with Crippen LogP contribution >= 0.6 is 0 Å². The maximum Gasteiger partial charge on any atom is 0.00788 e. The van der Waals surface area contributed by atoms with Crippen molar-refractivity contribution in [3.8, 4) is 0 Å². The smallest absolute Gasteiger partial charge is 0.00788 e. The summed E-state index contributed by atoms with van der Waals surface area (Å²) in [6.07, 6.45) is 3.72. The van der Waals surface area contributed by atoms with Gasteiger partial charge in [0.15, 0.2) is 0 Å². The summed E-state index contributed by atoms with van der Waals surface area (Å²) >= 11 is 0. The van der Waals surface area contributed by atoms with Crippen LogP contribution < -0.4 is 5.32 Å². The van der Waals surface area contributed by atoms with E-state index in [9.17, 15) is 0 Å². The van der Waals surface area contributed by atoms with E-state index in [4.69, 9.17) is 0 Å². The van der Waals surface area contributed by atoms with Crippen LogP contribution in [0.2, 0.25) is 0 Å². The molecule has 0 saturated heterocycles. The van der Waals surface area contributed by atoms with Gasteiger partial charge in [-0.25, -0.2) is 0 Å². The van der Waals surface area contributed by atoms with E-state index in [0.717, 1.165) is 18.9 Å². The Morgan fingerprint density at radius 2 is 1.65 bits per heavy atom. The monoisotopic (exact) mass is 265 g/mol. The molecule has 2 aromatic carbocycles. The van der Waals surface area contributed by atoms with Gasteiger partial charge in [0.2, 0.25) is 0 Å². The molecule has 2 aromatic rings. The maximum absolute atomic E-state index is 3.69. The Morgan fingerprint density at radius 3 is 2.40 bits per heavy atom. The second kappa shape index (κ2) is 6.23. The molecule has 1 aliphatic carbocycles. The predicted octanol–water partition coefficient (Wildman–Crippen LogP) is 4.07. The molecule has 0 unspecified atom stereocenters. The molecule has 0 heterocycles. The van der Waals surface area contributed by atoms with Crippen LogP contribution in [0.15, 0.2) is 54.6 Å². The highest BCUT2D eigenvalue weighted by molar-refractivity contribution is 5.26. The fourth-order valence-corrected chi connectivity index (χ4v) is 3.08. The minimum atomic E-state index is 0.712. The van der Waals surface area contributed by atoms with Gasteiger partial charge < -0.3 is 5.32 Å². The third kappa shape index (κ3) is 3.10. The third-order valence-corrected chi connectivity index (χ3v) is 4.50. The average molecular weight is 265 g/mol. The quantitative estimate of drug-likeness (QED) is 0.859. The van der Waals surface area contributed by atoms with Crippen molar-refractivity contribution >= 4 is 0 Å². The van der Waals surface area contributed by atoms with E-state index in [-0.39, 0.29) is 0 Å². The second-order valence-electron chi connectivity index (χ2n) is 5.91. The van der Waals surface area contributed by atoms with Crippen LogP contribution in [-0.2, 0) is 6.42 Å². The molecule has 0 aliphatic heterocycles. The van der Waals surface area contributed by atoms with Crippen LogP contribution in [0.4, 0.5) is 0 Å². The minimum Gasteiger partial charge on any atom is -0.314 e. The first-order valence-corrected chi connectivity index (χ1v) is 7.66. The Balaban J connectivity index is 1.41. The van der Waals surface area contributed by atoms with Gasteiger partial charge in [0.1, 0.15) is 0 Å². The normalized spacial score (nSPS) is 21.4. The van der Waals surface area contributed by atoms with Crippen LogP contribution in [0.5, 0.6) is 0 Å². The largest absolute Gasteiger partial charge is 0.314 e. The van der Waals surface area contributed by atoms with Crippen LogP contribution in [0, 0.1) is 6.92 Å². The number of benzene rings is 2. The molecule has 1 nitrogen and oxygen atoms in total. The van der Waals surface area contributed by atoms with Crippen molar-refractivity contribution in [3.05, 3.63) is 71.3 Å². The van der Waals surface area contributed by atoms with Crippen LogP contribution in [0.25, 0.3) is 0 Å². The molecule has 1 aliphatic rings. The fraction of sp³-hybridized carbons (Fsp3) is 0.368. The topological polar surface area (TPSA) is 12.0 Å². The van der Waals surface area contributed by atoms with Gasteiger partial charge >= 0.3 is 0 Å². The molecule has 0 atom stereocenters. The van der Waals surface area contributed by atoms with Gasteiger partial charge in [0.25, 0.3) is 0 Å². The van der Waals surface area contributed by atoms with Crippen molar-refractivity contribution in [1.29, 1.82) is 0 Å². The number of nitrogens with one attached hydrogen (secondary N) is 1. The van der Waals surface area contributed by atoms with E-state index in [1.54, 1.807) is 0 Å². The first-order chi connectivity index (χ1) is 9.83. The molecule has 0 aromatic heterocycles. The number of rotatable bonds is 5. The Morgan fingerprint density at radius 1 is 0.950 bits per heavy atom. The Labute approximate surface area is 122 Å². The summed E-state index contributed by atoms with van der Waals surface area (Å²) in [7, 11) is 0. The van der Waals surface area contributed by atoms with Crippen LogP contribution in [-0.4, -0.2) is 12.6 Å². The molecule has 0 radical (unpaired) electrons. The van der Waals surface area contributed by atoms with Crippen molar-refractivity contribution in [2.24, 2.45) is 0 Å². The molecule has 1 saturated carbocycles. The van der Waals surface area contributed by atoms with E-state index >= 15 is 0 Å². The van der Waals surface area contributed by atoms with Crippen molar-refractivity contribution in [1.82, 2.24) is 5.32 Å². The molecular weight excluding hydrogens is 242 g/mol. The lowest BCUT2D eigenvalue weighted by atomic mass is 9.76. The minimum absolute atomic E-state index is 0.712. The zero-order valence-electron chi connectivity index (χ0n) is 12.2. The molecular formula is C19H23N. The third-order valence-electron chi connectivity index (χ3n) is 4.50. The first-order valence-electron chi connectivity index (χ1n) is 7.66. The summed E-state index contributed by atoms with van der Waals surface area (Å²) < 4.78 is 0. The maximum atomic E-state index is 3.69. The standard InChI is InChI=1S/C19H23N/c1-15-7-5-6-8-16(15)11-12-20-19-13-18(14-19)17-9-3-2-4-10-17/h2-10,18-20H,11-14H2,1H3. The highest BCUT2D eigenvalue weighted by Crippen LogP contribution is 2.36. The van der Waals surface area contributed by atoms with Gasteiger partial charge in [-0.05, 0) is 55.3 Å². The molecule has 0 spiro atoms. The van der Waals surface area contributed by atoms with Gasteiger partial charge in [-0.2, -0.15) is 0 Å². The number of hydrogen-bond donors (Lipinski definition) is 1. The van der Waals surface area contributed by atoms with E-state index in [1.807, 2.05) is 0 Å². The molecule has 1 fully saturated rings. The summed E-state index contributed by atoms with van der Waals surface area (Å²) in [6.45, 7) is 3.29. The molecule has 1 heteroatoms. The lowest BCUT2D eigenvalue weighted by Gasteiger charge is -2.36. The summed E-state index contributed by atoms with van der Waals surface area (Å²) in [6, 6.07) is 20.3. The molecule has 0 bridgehead atoms. The van der Waals surface area contributed by atoms with Gasteiger partial charge in [0, 0.05) is 6.04 Å². The fourth-order valence-electron chi connectivity index (χ4n) is 3.08. The lowest BCUT2D eigenvalue weighted by molar-refractivity contribution is 0.293. The van der Waals surface area contributed by atoms with Crippen molar-refractivity contribution in [2.75, 3.05) is 6.54 Å². The van der Waals surface area contributed by atoms with E-state index < -0.39 is 0 Å². The highest BCUT2D eigenvalue weighted by atomic mass is 14.9. The van der Waals surface area contributed by atoms with Gasteiger partial charge in [-0.1, -0.05) is 54.6 Å². The second-order valence-corrected chi connectivity index (χ2v) is 5.91. The van der Waals surface area contributed by atoms with E-state index in [2.05, 4.69) is 66.8 Å². The van der Waals surface area contributed by atoms with E-state index in [1.165, 1.54) is 29.5 Å². The molecule has 0 amide bonds. The summed E-state index contributed by atoms with van der Waals surface area (Å²) in [5.41, 5.74) is 4.38. The zero-order valence-corrected chi connectivity index (χ0v) is 12.2. The SMILES string of the molecule is Cc1ccccc1CCNC1CC(c2ccccc2)C1. The van der Waals surface area contributed by atoms with Crippen LogP contribution in [0.1, 0.15) is 35.4 Å².